The molecule has 2 aliphatic rings. The summed E-state index contributed by atoms with van der Waals surface area (Å²) in [6.07, 6.45) is 3.28. The molecule has 1 aromatic rings. The molecular formula is C21H28N2O5. The summed E-state index contributed by atoms with van der Waals surface area (Å²) in [5, 5.41) is 5.73. The fraction of sp³-hybridized carbons (Fsp3) is 0.571. The Morgan fingerprint density at radius 1 is 1.25 bits per heavy atom. The molecule has 1 aliphatic heterocycles. The minimum atomic E-state index is -0.976. The first-order valence-corrected chi connectivity index (χ1v) is 9.83. The van der Waals surface area contributed by atoms with Crippen molar-refractivity contribution in [2.75, 3.05) is 5.32 Å². The predicted molar refractivity (Wildman–Crippen MR) is 104 cm³/mol. The highest BCUT2D eigenvalue weighted by Gasteiger charge is 2.36. The van der Waals surface area contributed by atoms with Gasteiger partial charge in [-0.1, -0.05) is 26.7 Å². The summed E-state index contributed by atoms with van der Waals surface area (Å²) >= 11 is 0. The molecule has 0 radical (unpaired) electrons. The van der Waals surface area contributed by atoms with Crippen LogP contribution in [-0.2, 0) is 14.3 Å². The largest absolute Gasteiger partial charge is 0.476 e. The number of benzene rings is 1. The molecule has 2 N–H and O–H groups in total. The van der Waals surface area contributed by atoms with Gasteiger partial charge in [-0.2, -0.15) is 0 Å². The third-order valence-electron chi connectivity index (χ3n) is 5.17. The first-order chi connectivity index (χ1) is 13.2. The molecule has 1 aromatic carbocycles. The van der Waals surface area contributed by atoms with Gasteiger partial charge in [0.15, 0.2) is 11.7 Å². The topological polar surface area (TPSA) is 93.7 Å². The second-order valence-electron chi connectivity index (χ2n) is 8.34. The van der Waals surface area contributed by atoms with E-state index in [9.17, 15) is 14.4 Å². The second-order valence-corrected chi connectivity index (χ2v) is 8.34. The summed E-state index contributed by atoms with van der Waals surface area (Å²) in [6.45, 7) is 7.03. The molecule has 0 aromatic heterocycles. The van der Waals surface area contributed by atoms with Crippen LogP contribution in [0.4, 0.5) is 5.69 Å². The SMILES string of the molecule is CC(C)[C@@H](OC(=O)c1ccc2c(c1)NC(=O)C(C)(C)O2)C(=O)NC1CCCC1. The average molecular weight is 388 g/mol. The number of fused-ring (bicyclic) bond motifs is 1. The van der Waals surface area contributed by atoms with Gasteiger partial charge in [0.1, 0.15) is 5.75 Å². The van der Waals surface area contributed by atoms with Crippen LogP contribution >= 0.6 is 0 Å². The number of carbonyl (C=O) groups is 3. The van der Waals surface area contributed by atoms with Gasteiger partial charge in [-0.05, 0) is 50.8 Å². The number of nitrogens with one attached hydrogen (secondary N) is 2. The number of hydrogen-bond donors (Lipinski definition) is 2. The van der Waals surface area contributed by atoms with E-state index >= 15 is 0 Å². The third-order valence-corrected chi connectivity index (χ3v) is 5.17. The first kappa shape index (κ1) is 20.2. The fourth-order valence-electron chi connectivity index (χ4n) is 3.47. The van der Waals surface area contributed by atoms with E-state index < -0.39 is 17.7 Å². The van der Waals surface area contributed by atoms with E-state index in [-0.39, 0.29) is 29.3 Å². The van der Waals surface area contributed by atoms with Gasteiger partial charge in [-0.15, -0.1) is 0 Å². The van der Waals surface area contributed by atoms with Crippen LogP contribution in [-0.4, -0.2) is 35.5 Å². The second kappa shape index (κ2) is 7.81. The summed E-state index contributed by atoms with van der Waals surface area (Å²) in [4.78, 5) is 37.3. The summed E-state index contributed by atoms with van der Waals surface area (Å²) in [5.74, 6) is -0.831. The zero-order valence-corrected chi connectivity index (χ0v) is 16.8. The van der Waals surface area contributed by atoms with Crippen molar-refractivity contribution in [3.63, 3.8) is 0 Å². The van der Waals surface area contributed by atoms with E-state index in [0.717, 1.165) is 25.7 Å². The van der Waals surface area contributed by atoms with E-state index in [1.54, 1.807) is 26.0 Å². The number of amides is 2. The maximum atomic E-state index is 12.6. The molecule has 3 rings (SSSR count). The molecule has 152 valence electrons. The lowest BCUT2D eigenvalue weighted by atomic mass is 10.0. The molecule has 28 heavy (non-hydrogen) atoms. The van der Waals surface area contributed by atoms with E-state index in [1.807, 2.05) is 13.8 Å². The number of ether oxygens (including phenoxy) is 2. The van der Waals surface area contributed by atoms with Crippen molar-refractivity contribution >= 4 is 23.5 Å². The summed E-state index contributed by atoms with van der Waals surface area (Å²) < 4.78 is 11.2. The van der Waals surface area contributed by atoms with Gasteiger partial charge in [-0.3, -0.25) is 9.59 Å². The smallest absolute Gasteiger partial charge is 0.339 e. The third kappa shape index (κ3) is 4.29. The van der Waals surface area contributed by atoms with Crippen LogP contribution in [0, 0.1) is 5.92 Å². The maximum absolute atomic E-state index is 12.6. The Bertz CT molecular complexity index is 781. The Morgan fingerprint density at radius 2 is 1.93 bits per heavy atom. The molecule has 7 nitrogen and oxygen atoms in total. The molecule has 0 saturated heterocycles. The van der Waals surface area contributed by atoms with Crippen molar-refractivity contribution in [1.29, 1.82) is 0 Å². The highest BCUT2D eigenvalue weighted by atomic mass is 16.5. The van der Waals surface area contributed by atoms with Gasteiger partial charge in [0.2, 0.25) is 0 Å². The first-order valence-electron chi connectivity index (χ1n) is 9.83. The Hall–Kier alpha value is -2.57. The summed E-state index contributed by atoms with van der Waals surface area (Å²) in [6, 6.07) is 4.86. The Balaban J connectivity index is 1.71. The van der Waals surface area contributed by atoms with Crippen LogP contribution in [0.25, 0.3) is 0 Å². The van der Waals surface area contributed by atoms with E-state index in [0.29, 0.717) is 11.4 Å². The van der Waals surface area contributed by atoms with Crippen molar-refractivity contribution in [3.05, 3.63) is 23.8 Å². The molecule has 0 unspecified atom stereocenters. The minimum absolute atomic E-state index is 0.159. The van der Waals surface area contributed by atoms with Gasteiger partial charge in [0.25, 0.3) is 11.8 Å². The van der Waals surface area contributed by atoms with Crippen LogP contribution in [0.5, 0.6) is 5.75 Å². The van der Waals surface area contributed by atoms with Crippen molar-refractivity contribution in [3.8, 4) is 5.75 Å². The molecule has 1 saturated carbocycles. The molecule has 1 heterocycles. The molecule has 1 fully saturated rings. The Morgan fingerprint density at radius 3 is 2.57 bits per heavy atom. The van der Waals surface area contributed by atoms with Crippen molar-refractivity contribution in [2.24, 2.45) is 5.92 Å². The monoisotopic (exact) mass is 388 g/mol. The number of carbonyl (C=O) groups excluding carboxylic acids is 3. The fourth-order valence-corrected chi connectivity index (χ4v) is 3.47. The standard InChI is InChI=1S/C21H28N2O5/c1-12(2)17(18(24)22-14-7-5-6-8-14)27-19(25)13-9-10-16-15(11-13)23-20(26)21(3,4)28-16/h9-12,14,17H,5-8H2,1-4H3,(H,22,24)(H,23,26)/t17-/m1/s1. The lowest BCUT2D eigenvalue weighted by Gasteiger charge is -2.31. The average Bonchev–Trinajstić information content (AvgIpc) is 3.12. The van der Waals surface area contributed by atoms with Gasteiger partial charge < -0.3 is 20.1 Å². The van der Waals surface area contributed by atoms with Gasteiger partial charge >= 0.3 is 5.97 Å². The normalized spacial score (nSPS) is 19.4. The zero-order chi connectivity index (χ0) is 20.5. The molecule has 2 amide bonds. The highest BCUT2D eigenvalue weighted by Crippen LogP contribution is 2.34. The maximum Gasteiger partial charge on any atom is 0.339 e. The van der Waals surface area contributed by atoms with E-state index in [2.05, 4.69) is 10.6 Å². The number of esters is 1. The van der Waals surface area contributed by atoms with Crippen LogP contribution in [0.1, 0.15) is 63.7 Å². The molecule has 0 spiro atoms. The van der Waals surface area contributed by atoms with Crippen LogP contribution in [0.15, 0.2) is 18.2 Å². The van der Waals surface area contributed by atoms with E-state index in [1.165, 1.54) is 6.07 Å². The van der Waals surface area contributed by atoms with Crippen molar-refractivity contribution in [2.45, 2.75) is 71.1 Å². The quantitative estimate of drug-likeness (QED) is 0.756. The van der Waals surface area contributed by atoms with Crippen LogP contribution in [0.2, 0.25) is 0 Å². The molecule has 1 atom stereocenters. The molecule has 0 bridgehead atoms. The number of anilines is 1. The number of rotatable bonds is 5. The van der Waals surface area contributed by atoms with Crippen LogP contribution in [0.3, 0.4) is 0 Å². The molecule has 7 heteroatoms. The van der Waals surface area contributed by atoms with Gasteiger partial charge in [0, 0.05) is 6.04 Å². The van der Waals surface area contributed by atoms with Crippen LogP contribution < -0.4 is 15.4 Å². The minimum Gasteiger partial charge on any atom is -0.476 e. The van der Waals surface area contributed by atoms with Gasteiger partial charge in [0.05, 0.1) is 11.3 Å². The zero-order valence-electron chi connectivity index (χ0n) is 16.8. The lowest BCUT2D eigenvalue weighted by molar-refractivity contribution is -0.132. The predicted octanol–water partition coefficient (Wildman–Crippen LogP) is 3.04. The van der Waals surface area contributed by atoms with E-state index in [4.69, 9.17) is 9.47 Å². The van der Waals surface area contributed by atoms with Crippen molar-refractivity contribution < 1.29 is 23.9 Å². The molecule has 1 aliphatic carbocycles. The number of hydrogen-bond acceptors (Lipinski definition) is 5. The van der Waals surface area contributed by atoms with Crippen molar-refractivity contribution in [1.82, 2.24) is 5.32 Å². The van der Waals surface area contributed by atoms with Gasteiger partial charge in [-0.25, -0.2) is 4.79 Å². The lowest BCUT2D eigenvalue weighted by Crippen LogP contribution is -2.45. The Labute approximate surface area is 165 Å². The molecular weight excluding hydrogens is 360 g/mol. The summed E-state index contributed by atoms with van der Waals surface area (Å²) in [5.41, 5.74) is -0.312. The Kier molecular flexibility index (Phi) is 5.63. The summed E-state index contributed by atoms with van der Waals surface area (Å²) in [7, 11) is 0. The highest BCUT2D eigenvalue weighted by molar-refractivity contribution is 6.02.